The van der Waals surface area contributed by atoms with Crippen molar-refractivity contribution in [1.29, 1.82) is 0 Å². The van der Waals surface area contributed by atoms with Gasteiger partial charge in [-0.1, -0.05) is 19.8 Å². The molecule has 100 valence electrons. The van der Waals surface area contributed by atoms with Gasteiger partial charge in [-0.05, 0) is 37.3 Å². The Hall–Kier alpha value is -0.830. The van der Waals surface area contributed by atoms with Gasteiger partial charge in [-0.3, -0.25) is 0 Å². The van der Waals surface area contributed by atoms with Gasteiger partial charge in [-0.15, -0.1) is 16.7 Å². The Morgan fingerprint density at radius 3 is 2.83 bits per heavy atom. The van der Waals surface area contributed by atoms with Crippen LogP contribution in [0.25, 0.3) is 0 Å². The van der Waals surface area contributed by atoms with Crippen LogP contribution in [-0.4, -0.2) is 23.3 Å². The zero-order chi connectivity index (χ0) is 12.8. The molecule has 2 rings (SSSR count). The lowest BCUT2D eigenvalue weighted by Crippen LogP contribution is -2.25. The van der Waals surface area contributed by atoms with Crippen LogP contribution in [0.2, 0.25) is 0 Å². The summed E-state index contributed by atoms with van der Waals surface area (Å²) >= 11 is 5.73. The van der Waals surface area contributed by atoms with Crippen LogP contribution in [0.1, 0.15) is 44.7 Å². The van der Waals surface area contributed by atoms with Gasteiger partial charge in [0.05, 0.1) is 11.6 Å². The molecule has 2 heterocycles. The average molecular weight is 268 g/mol. The van der Waals surface area contributed by atoms with Crippen molar-refractivity contribution in [3.8, 4) is 0 Å². The van der Waals surface area contributed by atoms with E-state index >= 15 is 0 Å². The van der Waals surface area contributed by atoms with Crippen LogP contribution in [0.5, 0.6) is 0 Å². The smallest absolute Gasteiger partial charge is 0.151 e. The van der Waals surface area contributed by atoms with Crippen LogP contribution in [0, 0.1) is 5.92 Å². The van der Waals surface area contributed by atoms with E-state index in [4.69, 9.17) is 11.6 Å². The molecule has 1 aliphatic heterocycles. The highest BCUT2D eigenvalue weighted by atomic mass is 35.5. The van der Waals surface area contributed by atoms with Crippen molar-refractivity contribution in [1.82, 2.24) is 10.2 Å². The number of halogens is 1. The SMILES string of the molecule is CCCC1CCCN(c2ccc(CCl)nn2)CC1. The molecule has 18 heavy (non-hydrogen) atoms. The highest BCUT2D eigenvalue weighted by Gasteiger charge is 2.17. The van der Waals surface area contributed by atoms with E-state index in [-0.39, 0.29) is 0 Å². The molecule has 1 aromatic heterocycles. The van der Waals surface area contributed by atoms with Crippen LogP contribution in [0.15, 0.2) is 12.1 Å². The summed E-state index contributed by atoms with van der Waals surface area (Å²) in [6.45, 7) is 4.49. The van der Waals surface area contributed by atoms with Crippen LogP contribution in [-0.2, 0) is 5.88 Å². The second-order valence-electron chi connectivity index (χ2n) is 5.09. The molecular weight excluding hydrogens is 246 g/mol. The lowest BCUT2D eigenvalue weighted by molar-refractivity contribution is 0.435. The van der Waals surface area contributed by atoms with Crippen molar-refractivity contribution in [3.05, 3.63) is 17.8 Å². The first-order chi connectivity index (χ1) is 8.83. The van der Waals surface area contributed by atoms with Crippen molar-refractivity contribution in [2.24, 2.45) is 5.92 Å². The Morgan fingerprint density at radius 1 is 1.28 bits per heavy atom. The van der Waals surface area contributed by atoms with Crippen LogP contribution in [0.4, 0.5) is 5.82 Å². The van der Waals surface area contributed by atoms with E-state index in [1.165, 1.54) is 32.1 Å². The molecule has 0 radical (unpaired) electrons. The Bertz CT molecular complexity index is 353. The number of hydrogen-bond acceptors (Lipinski definition) is 3. The summed E-state index contributed by atoms with van der Waals surface area (Å²) in [6, 6.07) is 4.02. The Morgan fingerprint density at radius 2 is 2.17 bits per heavy atom. The summed E-state index contributed by atoms with van der Waals surface area (Å²) in [6.07, 6.45) is 6.58. The molecule has 1 atom stereocenters. The minimum Gasteiger partial charge on any atom is -0.355 e. The topological polar surface area (TPSA) is 29.0 Å². The Balaban J connectivity index is 1.96. The van der Waals surface area contributed by atoms with Gasteiger partial charge in [0.1, 0.15) is 0 Å². The van der Waals surface area contributed by atoms with Gasteiger partial charge in [0.25, 0.3) is 0 Å². The molecular formula is C14H22ClN3. The fourth-order valence-electron chi connectivity index (χ4n) is 2.68. The second-order valence-corrected chi connectivity index (χ2v) is 5.36. The summed E-state index contributed by atoms with van der Waals surface area (Å²) in [5.74, 6) is 2.34. The van der Waals surface area contributed by atoms with Crippen LogP contribution < -0.4 is 4.90 Å². The molecule has 1 fully saturated rings. The first-order valence-corrected chi connectivity index (χ1v) is 7.50. The lowest BCUT2D eigenvalue weighted by atomic mass is 9.96. The van der Waals surface area contributed by atoms with Crippen molar-refractivity contribution in [2.45, 2.75) is 44.9 Å². The maximum absolute atomic E-state index is 5.73. The van der Waals surface area contributed by atoms with Gasteiger partial charge in [0.15, 0.2) is 5.82 Å². The average Bonchev–Trinajstić information content (AvgIpc) is 2.65. The summed E-state index contributed by atoms with van der Waals surface area (Å²) in [5, 5.41) is 8.41. The molecule has 1 unspecified atom stereocenters. The van der Waals surface area contributed by atoms with E-state index in [1.807, 2.05) is 12.1 Å². The van der Waals surface area contributed by atoms with Gasteiger partial charge in [0.2, 0.25) is 0 Å². The number of alkyl halides is 1. The summed E-state index contributed by atoms with van der Waals surface area (Å²) < 4.78 is 0. The minimum absolute atomic E-state index is 0.436. The summed E-state index contributed by atoms with van der Waals surface area (Å²) in [5.41, 5.74) is 0.846. The van der Waals surface area contributed by atoms with E-state index in [1.54, 1.807) is 0 Å². The Labute approximate surface area is 115 Å². The highest BCUT2D eigenvalue weighted by Crippen LogP contribution is 2.24. The van der Waals surface area contributed by atoms with E-state index in [9.17, 15) is 0 Å². The molecule has 4 heteroatoms. The number of anilines is 1. The van der Waals surface area contributed by atoms with Gasteiger partial charge in [-0.25, -0.2) is 0 Å². The zero-order valence-corrected chi connectivity index (χ0v) is 11.9. The molecule has 3 nitrogen and oxygen atoms in total. The van der Waals surface area contributed by atoms with Gasteiger partial charge in [-0.2, -0.15) is 5.10 Å². The quantitative estimate of drug-likeness (QED) is 0.780. The molecule has 0 aromatic carbocycles. The Kier molecular flexibility index (Phi) is 5.24. The normalized spacial score (nSPS) is 20.8. The predicted molar refractivity (Wildman–Crippen MR) is 76.1 cm³/mol. The zero-order valence-electron chi connectivity index (χ0n) is 11.1. The number of aromatic nitrogens is 2. The van der Waals surface area contributed by atoms with Gasteiger partial charge >= 0.3 is 0 Å². The molecule has 0 bridgehead atoms. The maximum atomic E-state index is 5.73. The predicted octanol–water partition coefficient (Wildman–Crippen LogP) is 3.62. The summed E-state index contributed by atoms with van der Waals surface area (Å²) in [7, 11) is 0. The minimum atomic E-state index is 0.436. The van der Waals surface area contributed by atoms with Crippen molar-refractivity contribution < 1.29 is 0 Å². The fourth-order valence-corrected chi connectivity index (χ4v) is 2.83. The second kappa shape index (κ2) is 6.93. The first kappa shape index (κ1) is 13.6. The summed E-state index contributed by atoms with van der Waals surface area (Å²) in [4.78, 5) is 2.36. The number of nitrogens with zero attached hydrogens (tertiary/aromatic N) is 3. The largest absolute Gasteiger partial charge is 0.355 e. The fraction of sp³-hybridized carbons (Fsp3) is 0.714. The van der Waals surface area contributed by atoms with Crippen LogP contribution >= 0.6 is 11.6 Å². The first-order valence-electron chi connectivity index (χ1n) is 6.97. The van der Waals surface area contributed by atoms with E-state index in [0.717, 1.165) is 30.5 Å². The maximum Gasteiger partial charge on any atom is 0.151 e. The van der Waals surface area contributed by atoms with Crippen molar-refractivity contribution in [3.63, 3.8) is 0 Å². The van der Waals surface area contributed by atoms with Gasteiger partial charge in [0, 0.05) is 13.1 Å². The monoisotopic (exact) mass is 267 g/mol. The lowest BCUT2D eigenvalue weighted by Gasteiger charge is -2.21. The third-order valence-electron chi connectivity index (χ3n) is 3.71. The highest BCUT2D eigenvalue weighted by molar-refractivity contribution is 6.16. The third kappa shape index (κ3) is 3.58. The molecule has 0 saturated carbocycles. The molecule has 0 spiro atoms. The van der Waals surface area contributed by atoms with Crippen molar-refractivity contribution in [2.75, 3.05) is 18.0 Å². The third-order valence-corrected chi connectivity index (χ3v) is 3.99. The van der Waals surface area contributed by atoms with Gasteiger partial charge < -0.3 is 4.90 Å². The molecule has 0 aliphatic carbocycles. The van der Waals surface area contributed by atoms with Crippen molar-refractivity contribution >= 4 is 17.4 Å². The molecule has 0 N–H and O–H groups in total. The van der Waals surface area contributed by atoms with E-state index in [2.05, 4.69) is 22.0 Å². The standard InChI is InChI=1S/C14H22ClN3/c1-2-4-12-5-3-9-18(10-8-12)14-7-6-13(11-15)16-17-14/h6-7,12H,2-5,8-11H2,1H3. The number of rotatable bonds is 4. The number of hydrogen-bond donors (Lipinski definition) is 0. The van der Waals surface area contributed by atoms with E-state index in [0.29, 0.717) is 5.88 Å². The molecule has 1 saturated heterocycles. The molecule has 1 aliphatic rings. The van der Waals surface area contributed by atoms with E-state index < -0.39 is 0 Å². The van der Waals surface area contributed by atoms with Crippen LogP contribution in [0.3, 0.4) is 0 Å². The molecule has 1 aromatic rings. The molecule has 0 amide bonds.